The molecule has 0 spiro atoms. The molecule has 0 radical (unpaired) electrons. The van der Waals surface area contributed by atoms with Gasteiger partial charge in [0.05, 0.1) is 18.5 Å². The first kappa shape index (κ1) is 16.2. The third-order valence-corrected chi connectivity index (χ3v) is 4.43. The lowest BCUT2D eigenvalue weighted by atomic mass is 10.1. The molecule has 0 unspecified atom stereocenters. The minimum Gasteiger partial charge on any atom is -0.497 e. The van der Waals surface area contributed by atoms with Crippen molar-refractivity contribution in [3.8, 4) is 17.0 Å². The van der Waals surface area contributed by atoms with Crippen molar-refractivity contribution in [1.29, 1.82) is 0 Å². The summed E-state index contributed by atoms with van der Waals surface area (Å²) in [5.74, 6) is 0.839. The summed E-state index contributed by atoms with van der Waals surface area (Å²) in [5.41, 5.74) is 8.28. The summed E-state index contributed by atoms with van der Waals surface area (Å²) in [6.45, 7) is 4.06. The Bertz CT molecular complexity index is 836. The second-order valence-electron chi connectivity index (χ2n) is 5.44. The van der Waals surface area contributed by atoms with Gasteiger partial charge in [0, 0.05) is 10.9 Å². The van der Waals surface area contributed by atoms with Crippen LogP contribution in [0.4, 0.5) is 5.13 Å². The molecule has 0 aliphatic rings. The van der Waals surface area contributed by atoms with Crippen molar-refractivity contribution in [3.05, 3.63) is 65.0 Å². The predicted octanol–water partition coefficient (Wildman–Crippen LogP) is 4.96. The fourth-order valence-corrected chi connectivity index (χ4v) is 2.87. The molecular formula is C19H19N3OS. The van der Waals surface area contributed by atoms with Crippen LogP contribution in [0.3, 0.4) is 0 Å². The van der Waals surface area contributed by atoms with Crippen molar-refractivity contribution in [2.24, 2.45) is 5.10 Å². The number of hydrazone groups is 1. The number of methoxy groups -OCH3 is 1. The first-order valence-corrected chi connectivity index (χ1v) is 8.51. The normalized spacial score (nSPS) is 11.4. The van der Waals surface area contributed by atoms with Gasteiger partial charge in [0.25, 0.3) is 0 Å². The molecule has 0 bridgehead atoms. The standard InChI is InChI=1S/C19H19N3OS/c1-13-4-6-15(7-5-13)14(2)21-22-19-20-18(12-24-19)16-8-10-17(23-3)11-9-16/h4-12H,1-3H3,(H,20,22)/b21-14-. The summed E-state index contributed by atoms with van der Waals surface area (Å²) >= 11 is 1.53. The van der Waals surface area contributed by atoms with Gasteiger partial charge in [0.15, 0.2) is 0 Å². The Labute approximate surface area is 145 Å². The Hall–Kier alpha value is -2.66. The number of ether oxygens (including phenoxy) is 1. The van der Waals surface area contributed by atoms with Gasteiger partial charge < -0.3 is 4.74 Å². The molecule has 1 heterocycles. The van der Waals surface area contributed by atoms with Crippen LogP contribution in [-0.4, -0.2) is 17.8 Å². The number of thiazole rings is 1. The zero-order chi connectivity index (χ0) is 16.9. The van der Waals surface area contributed by atoms with Crippen LogP contribution in [0.15, 0.2) is 59.0 Å². The van der Waals surface area contributed by atoms with Crippen LogP contribution < -0.4 is 10.2 Å². The van der Waals surface area contributed by atoms with Crippen molar-refractivity contribution in [2.75, 3.05) is 12.5 Å². The third kappa shape index (κ3) is 3.81. The number of benzene rings is 2. The lowest BCUT2D eigenvalue weighted by Gasteiger charge is -2.02. The van der Waals surface area contributed by atoms with Crippen molar-refractivity contribution in [1.82, 2.24) is 4.98 Å². The Kier molecular flexibility index (Phi) is 4.91. The van der Waals surface area contributed by atoms with E-state index in [1.165, 1.54) is 16.9 Å². The van der Waals surface area contributed by atoms with E-state index < -0.39 is 0 Å². The van der Waals surface area contributed by atoms with Crippen molar-refractivity contribution in [2.45, 2.75) is 13.8 Å². The number of aromatic nitrogens is 1. The van der Waals surface area contributed by atoms with E-state index in [1.807, 2.05) is 36.6 Å². The molecule has 4 nitrogen and oxygen atoms in total. The van der Waals surface area contributed by atoms with Crippen LogP contribution in [0.25, 0.3) is 11.3 Å². The highest BCUT2D eigenvalue weighted by Gasteiger charge is 2.05. The molecule has 3 aromatic rings. The SMILES string of the molecule is COc1ccc(-c2csc(N/N=C(/C)c3ccc(C)cc3)n2)cc1. The molecule has 0 aliphatic carbocycles. The van der Waals surface area contributed by atoms with Crippen LogP contribution in [0.5, 0.6) is 5.75 Å². The molecule has 0 saturated heterocycles. The van der Waals surface area contributed by atoms with Gasteiger partial charge in [-0.15, -0.1) is 11.3 Å². The Morgan fingerprint density at radius 3 is 2.46 bits per heavy atom. The number of rotatable bonds is 5. The summed E-state index contributed by atoms with van der Waals surface area (Å²) in [6.07, 6.45) is 0. The first-order valence-electron chi connectivity index (χ1n) is 7.63. The van der Waals surface area contributed by atoms with E-state index in [1.54, 1.807) is 7.11 Å². The fourth-order valence-electron chi connectivity index (χ4n) is 2.21. The van der Waals surface area contributed by atoms with E-state index in [4.69, 9.17) is 4.74 Å². The highest BCUT2D eigenvalue weighted by atomic mass is 32.1. The summed E-state index contributed by atoms with van der Waals surface area (Å²) in [4.78, 5) is 4.58. The number of aryl methyl sites for hydroxylation is 1. The molecule has 0 aliphatic heterocycles. The molecule has 24 heavy (non-hydrogen) atoms. The zero-order valence-corrected chi connectivity index (χ0v) is 14.7. The van der Waals surface area contributed by atoms with Gasteiger partial charge in [-0.2, -0.15) is 5.10 Å². The predicted molar refractivity (Wildman–Crippen MR) is 101 cm³/mol. The van der Waals surface area contributed by atoms with Gasteiger partial charge in [-0.3, -0.25) is 5.43 Å². The molecule has 2 aromatic carbocycles. The monoisotopic (exact) mass is 337 g/mol. The molecule has 122 valence electrons. The summed E-state index contributed by atoms with van der Waals surface area (Å²) in [5, 5.41) is 7.21. The highest BCUT2D eigenvalue weighted by Crippen LogP contribution is 2.26. The summed E-state index contributed by atoms with van der Waals surface area (Å²) in [7, 11) is 1.66. The van der Waals surface area contributed by atoms with Crippen molar-refractivity contribution >= 4 is 22.2 Å². The molecule has 0 fully saturated rings. The maximum atomic E-state index is 5.18. The molecule has 0 atom stereocenters. The van der Waals surface area contributed by atoms with E-state index in [0.29, 0.717) is 0 Å². The van der Waals surface area contributed by atoms with Gasteiger partial charge in [0.1, 0.15) is 5.75 Å². The molecule has 0 amide bonds. The van der Waals surface area contributed by atoms with Crippen LogP contribution in [0.1, 0.15) is 18.1 Å². The number of hydrogen-bond acceptors (Lipinski definition) is 5. The van der Waals surface area contributed by atoms with E-state index in [9.17, 15) is 0 Å². The quantitative estimate of drug-likeness (QED) is 0.528. The summed E-state index contributed by atoms with van der Waals surface area (Å²) in [6, 6.07) is 16.2. The number of nitrogens with zero attached hydrogens (tertiary/aromatic N) is 2. The van der Waals surface area contributed by atoms with E-state index in [-0.39, 0.29) is 0 Å². The second-order valence-corrected chi connectivity index (χ2v) is 6.30. The van der Waals surface area contributed by atoms with Gasteiger partial charge in [-0.05, 0) is 43.7 Å². The smallest absolute Gasteiger partial charge is 0.203 e. The lowest BCUT2D eigenvalue weighted by Crippen LogP contribution is -1.99. The molecule has 5 heteroatoms. The molecule has 1 aromatic heterocycles. The average molecular weight is 337 g/mol. The van der Waals surface area contributed by atoms with E-state index in [0.717, 1.165) is 33.4 Å². The number of anilines is 1. The minimum atomic E-state index is 0.771. The van der Waals surface area contributed by atoms with Gasteiger partial charge >= 0.3 is 0 Å². The molecule has 0 saturated carbocycles. The topological polar surface area (TPSA) is 46.5 Å². The average Bonchev–Trinajstić information content (AvgIpc) is 3.09. The Balaban J connectivity index is 1.71. The van der Waals surface area contributed by atoms with Crippen LogP contribution in [0.2, 0.25) is 0 Å². The van der Waals surface area contributed by atoms with Gasteiger partial charge in [-0.25, -0.2) is 4.98 Å². The largest absolute Gasteiger partial charge is 0.497 e. The third-order valence-electron chi connectivity index (χ3n) is 3.68. The first-order chi connectivity index (χ1) is 11.7. The molecular weight excluding hydrogens is 318 g/mol. The van der Waals surface area contributed by atoms with E-state index in [2.05, 4.69) is 46.7 Å². The fraction of sp³-hybridized carbons (Fsp3) is 0.158. The summed E-state index contributed by atoms with van der Waals surface area (Å²) < 4.78 is 5.18. The van der Waals surface area contributed by atoms with Crippen molar-refractivity contribution in [3.63, 3.8) is 0 Å². The van der Waals surface area contributed by atoms with Crippen molar-refractivity contribution < 1.29 is 4.74 Å². The molecule has 1 N–H and O–H groups in total. The lowest BCUT2D eigenvalue weighted by molar-refractivity contribution is 0.415. The Morgan fingerprint density at radius 1 is 1.08 bits per heavy atom. The molecule has 3 rings (SSSR count). The van der Waals surface area contributed by atoms with Crippen LogP contribution >= 0.6 is 11.3 Å². The number of hydrogen-bond donors (Lipinski definition) is 1. The Morgan fingerprint density at radius 2 is 1.79 bits per heavy atom. The van der Waals surface area contributed by atoms with E-state index >= 15 is 0 Å². The van der Waals surface area contributed by atoms with Gasteiger partial charge in [0.2, 0.25) is 5.13 Å². The van der Waals surface area contributed by atoms with Crippen LogP contribution in [0, 0.1) is 6.92 Å². The maximum absolute atomic E-state index is 5.18. The maximum Gasteiger partial charge on any atom is 0.203 e. The zero-order valence-electron chi connectivity index (χ0n) is 13.9. The minimum absolute atomic E-state index is 0.771. The highest BCUT2D eigenvalue weighted by molar-refractivity contribution is 7.14. The number of nitrogens with one attached hydrogen (secondary N) is 1. The van der Waals surface area contributed by atoms with Gasteiger partial charge in [-0.1, -0.05) is 29.8 Å². The van der Waals surface area contributed by atoms with Crippen LogP contribution in [-0.2, 0) is 0 Å². The second kappa shape index (κ2) is 7.27.